The molecule has 1 saturated carbocycles. The Morgan fingerprint density at radius 1 is 1.28 bits per heavy atom. The number of likely N-dealkylation sites (tertiary alicyclic amines) is 1. The van der Waals surface area contributed by atoms with Crippen molar-refractivity contribution in [2.24, 2.45) is 18.7 Å². The van der Waals surface area contributed by atoms with E-state index in [1.807, 2.05) is 11.7 Å². The maximum absolute atomic E-state index is 6.00. The molecule has 3 rings (SSSR count). The van der Waals surface area contributed by atoms with E-state index in [-0.39, 0.29) is 0 Å². The first-order valence-corrected chi connectivity index (χ1v) is 7.09. The van der Waals surface area contributed by atoms with E-state index in [1.54, 1.807) is 0 Å². The summed E-state index contributed by atoms with van der Waals surface area (Å²) in [6, 6.07) is 1.32. The fourth-order valence-electron chi connectivity index (χ4n) is 3.56. The standard InChI is InChI=1S/C14H24N4/c1-9-13(10(2)17(3)16-9)14-11(8-15)6-7-18(14)12-4-5-12/h11-12,14H,4-8,15H2,1-3H3. The molecule has 0 spiro atoms. The molecule has 0 bridgehead atoms. The average molecular weight is 248 g/mol. The van der Waals surface area contributed by atoms with Gasteiger partial charge in [0, 0.05) is 30.4 Å². The van der Waals surface area contributed by atoms with Crippen molar-refractivity contribution < 1.29 is 0 Å². The van der Waals surface area contributed by atoms with Crippen LogP contribution in [0.5, 0.6) is 0 Å². The molecule has 100 valence electrons. The van der Waals surface area contributed by atoms with Crippen molar-refractivity contribution in [3.05, 3.63) is 17.0 Å². The zero-order chi connectivity index (χ0) is 12.9. The summed E-state index contributed by atoms with van der Waals surface area (Å²) in [6.07, 6.45) is 3.98. The van der Waals surface area contributed by atoms with E-state index in [4.69, 9.17) is 5.73 Å². The van der Waals surface area contributed by atoms with Gasteiger partial charge in [-0.15, -0.1) is 0 Å². The summed E-state index contributed by atoms with van der Waals surface area (Å²) in [5.74, 6) is 0.604. The Morgan fingerprint density at radius 2 is 2.00 bits per heavy atom. The molecular weight excluding hydrogens is 224 g/mol. The molecule has 1 saturated heterocycles. The number of nitrogens with two attached hydrogens (primary N) is 1. The van der Waals surface area contributed by atoms with E-state index < -0.39 is 0 Å². The van der Waals surface area contributed by atoms with Crippen LogP contribution >= 0.6 is 0 Å². The van der Waals surface area contributed by atoms with Crippen LogP contribution in [0.3, 0.4) is 0 Å². The Morgan fingerprint density at radius 3 is 2.50 bits per heavy atom. The van der Waals surface area contributed by atoms with E-state index in [1.165, 1.54) is 42.8 Å². The molecule has 2 aliphatic rings. The van der Waals surface area contributed by atoms with Crippen molar-refractivity contribution in [1.29, 1.82) is 0 Å². The van der Waals surface area contributed by atoms with Crippen LogP contribution in [0.1, 0.15) is 42.3 Å². The highest BCUT2D eigenvalue weighted by Gasteiger charge is 2.43. The molecule has 1 aromatic rings. The van der Waals surface area contributed by atoms with Gasteiger partial charge in [0.2, 0.25) is 0 Å². The number of rotatable bonds is 3. The van der Waals surface area contributed by atoms with Crippen LogP contribution in [0.15, 0.2) is 0 Å². The molecule has 4 heteroatoms. The maximum atomic E-state index is 6.00. The van der Waals surface area contributed by atoms with Crippen LogP contribution in [0, 0.1) is 19.8 Å². The van der Waals surface area contributed by atoms with Crippen molar-refractivity contribution >= 4 is 0 Å². The van der Waals surface area contributed by atoms with Gasteiger partial charge in [-0.2, -0.15) is 5.10 Å². The molecule has 0 radical (unpaired) electrons. The lowest BCUT2D eigenvalue weighted by Gasteiger charge is -2.28. The Balaban J connectivity index is 1.99. The van der Waals surface area contributed by atoms with Gasteiger partial charge >= 0.3 is 0 Å². The Hall–Kier alpha value is -0.870. The van der Waals surface area contributed by atoms with Crippen LogP contribution in [0.2, 0.25) is 0 Å². The number of hydrogen-bond acceptors (Lipinski definition) is 3. The Bertz CT molecular complexity index is 447. The van der Waals surface area contributed by atoms with Gasteiger partial charge in [-0.25, -0.2) is 0 Å². The van der Waals surface area contributed by atoms with Gasteiger partial charge in [0.1, 0.15) is 0 Å². The summed E-state index contributed by atoms with van der Waals surface area (Å²) in [6.45, 7) is 6.33. The molecule has 4 nitrogen and oxygen atoms in total. The second-order valence-electron chi connectivity index (χ2n) is 5.91. The van der Waals surface area contributed by atoms with Crippen LogP contribution < -0.4 is 5.73 Å². The smallest absolute Gasteiger partial charge is 0.0644 e. The minimum atomic E-state index is 0.510. The molecule has 2 fully saturated rings. The quantitative estimate of drug-likeness (QED) is 0.882. The lowest BCUT2D eigenvalue weighted by molar-refractivity contribution is 0.219. The van der Waals surface area contributed by atoms with Crippen LogP contribution in [0.25, 0.3) is 0 Å². The van der Waals surface area contributed by atoms with Gasteiger partial charge in [0.15, 0.2) is 0 Å². The lowest BCUT2D eigenvalue weighted by Crippen LogP contribution is -2.30. The van der Waals surface area contributed by atoms with Crippen molar-refractivity contribution in [2.45, 2.75) is 45.2 Å². The maximum Gasteiger partial charge on any atom is 0.0644 e. The van der Waals surface area contributed by atoms with E-state index in [2.05, 4.69) is 23.8 Å². The minimum absolute atomic E-state index is 0.510. The summed E-state index contributed by atoms with van der Waals surface area (Å²) in [4.78, 5) is 2.69. The van der Waals surface area contributed by atoms with Gasteiger partial charge in [0.25, 0.3) is 0 Å². The van der Waals surface area contributed by atoms with Gasteiger partial charge in [-0.1, -0.05) is 0 Å². The largest absolute Gasteiger partial charge is 0.330 e. The topological polar surface area (TPSA) is 47.1 Å². The van der Waals surface area contributed by atoms with Crippen molar-refractivity contribution in [3.8, 4) is 0 Å². The molecule has 1 aromatic heterocycles. The van der Waals surface area contributed by atoms with Crippen LogP contribution in [0.4, 0.5) is 0 Å². The van der Waals surface area contributed by atoms with Gasteiger partial charge in [-0.05, 0) is 52.1 Å². The third-order valence-electron chi connectivity index (χ3n) is 4.74. The third-order valence-corrected chi connectivity index (χ3v) is 4.74. The molecule has 2 heterocycles. The first-order valence-electron chi connectivity index (χ1n) is 7.09. The number of aromatic nitrogens is 2. The minimum Gasteiger partial charge on any atom is -0.330 e. The van der Waals surface area contributed by atoms with Crippen molar-refractivity contribution in [3.63, 3.8) is 0 Å². The van der Waals surface area contributed by atoms with Crippen LogP contribution in [-0.2, 0) is 7.05 Å². The highest BCUT2D eigenvalue weighted by Crippen LogP contribution is 2.45. The van der Waals surface area contributed by atoms with E-state index in [0.717, 1.165) is 12.6 Å². The first kappa shape index (κ1) is 12.2. The van der Waals surface area contributed by atoms with Crippen molar-refractivity contribution in [1.82, 2.24) is 14.7 Å². The molecular formula is C14H24N4. The SMILES string of the molecule is Cc1nn(C)c(C)c1C1C(CN)CCN1C1CC1. The molecule has 0 amide bonds. The molecule has 2 atom stereocenters. The second kappa shape index (κ2) is 4.35. The molecule has 1 aliphatic carbocycles. The van der Waals surface area contributed by atoms with E-state index >= 15 is 0 Å². The van der Waals surface area contributed by atoms with E-state index in [9.17, 15) is 0 Å². The Labute approximate surface area is 109 Å². The summed E-state index contributed by atoms with van der Waals surface area (Å²) in [5, 5.41) is 4.59. The number of hydrogen-bond donors (Lipinski definition) is 1. The first-order chi connectivity index (χ1) is 8.63. The van der Waals surface area contributed by atoms with Crippen LogP contribution in [-0.4, -0.2) is 33.8 Å². The van der Waals surface area contributed by atoms with Crippen molar-refractivity contribution in [2.75, 3.05) is 13.1 Å². The van der Waals surface area contributed by atoms with E-state index in [0.29, 0.717) is 12.0 Å². The predicted octanol–water partition coefficient (Wildman–Crippen LogP) is 1.52. The average Bonchev–Trinajstić information content (AvgIpc) is 3.05. The third kappa shape index (κ3) is 1.79. The highest BCUT2D eigenvalue weighted by atomic mass is 15.3. The number of nitrogens with zero attached hydrogens (tertiary/aromatic N) is 3. The Kier molecular flexibility index (Phi) is 2.94. The molecule has 1 aliphatic heterocycles. The zero-order valence-corrected chi connectivity index (χ0v) is 11.7. The molecule has 2 unspecified atom stereocenters. The summed E-state index contributed by atoms with van der Waals surface area (Å²) >= 11 is 0. The van der Waals surface area contributed by atoms with Gasteiger partial charge < -0.3 is 5.73 Å². The summed E-state index contributed by atoms with van der Waals surface area (Å²) in [5.41, 5.74) is 9.93. The lowest BCUT2D eigenvalue weighted by atomic mass is 9.92. The summed E-state index contributed by atoms with van der Waals surface area (Å²) < 4.78 is 2.02. The highest BCUT2D eigenvalue weighted by molar-refractivity contribution is 5.30. The fraction of sp³-hybridized carbons (Fsp3) is 0.786. The zero-order valence-electron chi connectivity index (χ0n) is 11.7. The van der Waals surface area contributed by atoms with Gasteiger partial charge in [0.05, 0.1) is 5.69 Å². The second-order valence-corrected chi connectivity index (χ2v) is 5.91. The predicted molar refractivity (Wildman–Crippen MR) is 72.3 cm³/mol. The summed E-state index contributed by atoms with van der Waals surface area (Å²) in [7, 11) is 2.04. The van der Waals surface area contributed by atoms with Gasteiger partial charge in [-0.3, -0.25) is 9.58 Å². The molecule has 0 aromatic carbocycles. The monoisotopic (exact) mass is 248 g/mol. The normalized spacial score (nSPS) is 29.1. The fourth-order valence-corrected chi connectivity index (χ4v) is 3.56. The molecule has 2 N–H and O–H groups in total. The molecule has 18 heavy (non-hydrogen) atoms. The number of aryl methyl sites for hydroxylation is 2.